The summed E-state index contributed by atoms with van der Waals surface area (Å²) in [4.78, 5) is 23.3. The Balaban J connectivity index is 1.62. The lowest BCUT2D eigenvalue weighted by atomic mass is 10.2. The highest BCUT2D eigenvalue weighted by Gasteiger charge is 2.25. The van der Waals surface area contributed by atoms with Crippen LogP contribution in [0.3, 0.4) is 0 Å². The lowest BCUT2D eigenvalue weighted by Gasteiger charge is -2.26. The molecular weight excluding hydrogens is 394 g/mol. The van der Waals surface area contributed by atoms with Gasteiger partial charge >= 0.3 is 0 Å². The SMILES string of the molecule is NC(=O)c1ccc(NC(=O)/C=C/c2ccc(S(=O)(=O)N3CCOCC3)cc2)cc1. The van der Waals surface area contributed by atoms with Crippen molar-refractivity contribution in [1.29, 1.82) is 0 Å². The average Bonchev–Trinajstić information content (AvgIpc) is 2.73. The molecule has 152 valence electrons. The number of morpholine rings is 1. The van der Waals surface area contributed by atoms with E-state index >= 15 is 0 Å². The Morgan fingerprint density at radius 3 is 2.21 bits per heavy atom. The Morgan fingerprint density at radius 2 is 1.62 bits per heavy atom. The summed E-state index contributed by atoms with van der Waals surface area (Å²) in [6, 6.07) is 12.5. The number of rotatable bonds is 6. The van der Waals surface area contributed by atoms with E-state index in [1.165, 1.54) is 34.6 Å². The third kappa shape index (κ3) is 5.29. The zero-order valence-corrected chi connectivity index (χ0v) is 16.4. The highest BCUT2D eigenvalue weighted by Crippen LogP contribution is 2.18. The van der Waals surface area contributed by atoms with Gasteiger partial charge in [-0.2, -0.15) is 4.31 Å². The van der Waals surface area contributed by atoms with Gasteiger partial charge < -0.3 is 15.8 Å². The van der Waals surface area contributed by atoms with Gasteiger partial charge in [0.1, 0.15) is 0 Å². The summed E-state index contributed by atoms with van der Waals surface area (Å²) in [5, 5.41) is 2.66. The number of hydrogen-bond donors (Lipinski definition) is 2. The first-order chi connectivity index (χ1) is 13.9. The molecule has 0 atom stereocenters. The molecule has 8 nitrogen and oxygen atoms in total. The first-order valence-electron chi connectivity index (χ1n) is 8.93. The third-order valence-corrected chi connectivity index (χ3v) is 6.26. The number of amides is 2. The number of carbonyl (C=O) groups is 2. The predicted molar refractivity (Wildman–Crippen MR) is 109 cm³/mol. The molecule has 1 aliphatic rings. The number of nitrogens with two attached hydrogens (primary N) is 1. The van der Waals surface area contributed by atoms with Crippen molar-refractivity contribution in [2.75, 3.05) is 31.6 Å². The molecule has 1 aliphatic heterocycles. The van der Waals surface area contributed by atoms with Crippen LogP contribution in [0.4, 0.5) is 5.69 Å². The molecular formula is C20H21N3O5S. The zero-order chi connectivity index (χ0) is 20.9. The lowest BCUT2D eigenvalue weighted by molar-refractivity contribution is -0.111. The summed E-state index contributed by atoms with van der Waals surface area (Å²) in [5.74, 6) is -0.899. The van der Waals surface area contributed by atoms with Crippen LogP contribution in [0.25, 0.3) is 6.08 Å². The van der Waals surface area contributed by atoms with Gasteiger partial charge in [-0.1, -0.05) is 12.1 Å². The van der Waals surface area contributed by atoms with Gasteiger partial charge in [-0.3, -0.25) is 9.59 Å². The van der Waals surface area contributed by atoms with Crippen LogP contribution in [0, 0.1) is 0 Å². The molecule has 0 bridgehead atoms. The zero-order valence-electron chi connectivity index (χ0n) is 15.6. The predicted octanol–water partition coefficient (Wildman–Crippen LogP) is 1.46. The van der Waals surface area contributed by atoms with E-state index in [0.29, 0.717) is 43.1 Å². The fourth-order valence-corrected chi connectivity index (χ4v) is 4.17. The maximum atomic E-state index is 12.6. The van der Waals surface area contributed by atoms with Gasteiger partial charge in [0.25, 0.3) is 0 Å². The van der Waals surface area contributed by atoms with Crippen molar-refractivity contribution in [2.45, 2.75) is 4.90 Å². The molecule has 1 fully saturated rings. The Hall–Kier alpha value is -3.01. The van der Waals surface area contributed by atoms with E-state index in [1.54, 1.807) is 30.3 Å². The number of carbonyl (C=O) groups excluding carboxylic acids is 2. The molecule has 2 amide bonds. The molecule has 9 heteroatoms. The van der Waals surface area contributed by atoms with Crippen molar-refractivity contribution in [3.63, 3.8) is 0 Å². The lowest BCUT2D eigenvalue weighted by Crippen LogP contribution is -2.40. The van der Waals surface area contributed by atoms with Crippen molar-refractivity contribution < 1.29 is 22.7 Å². The third-order valence-electron chi connectivity index (χ3n) is 4.35. The van der Waals surface area contributed by atoms with Gasteiger partial charge in [-0.15, -0.1) is 0 Å². The largest absolute Gasteiger partial charge is 0.379 e. The van der Waals surface area contributed by atoms with Crippen LogP contribution in [0.2, 0.25) is 0 Å². The second kappa shape index (κ2) is 8.99. The second-order valence-corrected chi connectivity index (χ2v) is 8.29. The van der Waals surface area contributed by atoms with Crippen LogP contribution in [-0.4, -0.2) is 50.8 Å². The van der Waals surface area contributed by atoms with Crippen molar-refractivity contribution in [3.05, 3.63) is 65.7 Å². The number of benzene rings is 2. The van der Waals surface area contributed by atoms with E-state index in [9.17, 15) is 18.0 Å². The first kappa shape index (κ1) is 20.7. The Kier molecular flexibility index (Phi) is 6.42. The van der Waals surface area contributed by atoms with E-state index in [2.05, 4.69) is 5.32 Å². The maximum absolute atomic E-state index is 12.6. The molecule has 29 heavy (non-hydrogen) atoms. The number of anilines is 1. The Morgan fingerprint density at radius 1 is 1.00 bits per heavy atom. The summed E-state index contributed by atoms with van der Waals surface area (Å²) in [6.45, 7) is 1.45. The van der Waals surface area contributed by atoms with E-state index < -0.39 is 15.9 Å². The van der Waals surface area contributed by atoms with Crippen molar-refractivity contribution in [1.82, 2.24) is 4.31 Å². The highest BCUT2D eigenvalue weighted by molar-refractivity contribution is 7.89. The molecule has 1 saturated heterocycles. The number of ether oxygens (including phenoxy) is 1. The minimum atomic E-state index is -3.54. The molecule has 1 heterocycles. The number of hydrogen-bond acceptors (Lipinski definition) is 5. The fraction of sp³-hybridized carbons (Fsp3) is 0.200. The van der Waals surface area contributed by atoms with Crippen molar-refractivity contribution >= 4 is 33.6 Å². The quantitative estimate of drug-likeness (QED) is 0.693. The van der Waals surface area contributed by atoms with Gasteiger partial charge in [0, 0.05) is 30.4 Å². The van der Waals surface area contributed by atoms with Crippen LogP contribution < -0.4 is 11.1 Å². The molecule has 0 radical (unpaired) electrons. The summed E-state index contributed by atoms with van der Waals surface area (Å²) < 4.78 is 31.8. The fourth-order valence-electron chi connectivity index (χ4n) is 2.76. The molecule has 3 N–H and O–H groups in total. The summed E-state index contributed by atoms with van der Waals surface area (Å²) in [5.41, 5.74) is 6.74. The van der Waals surface area contributed by atoms with Crippen molar-refractivity contribution in [2.24, 2.45) is 5.73 Å². The second-order valence-electron chi connectivity index (χ2n) is 6.35. The van der Waals surface area contributed by atoms with Gasteiger partial charge in [0.2, 0.25) is 21.8 Å². The van der Waals surface area contributed by atoms with Crippen molar-refractivity contribution in [3.8, 4) is 0 Å². The number of sulfonamides is 1. The van der Waals surface area contributed by atoms with E-state index in [1.807, 2.05) is 0 Å². The van der Waals surface area contributed by atoms with Crippen LogP contribution in [0.15, 0.2) is 59.5 Å². The van der Waals surface area contributed by atoms with Gasteiger partial charge in [-0.05, 0) is 48.0 Å². The van der Waals surface area contributed by atoms with Crippen LogP contribution in [0.1, 0.15) is 15.9 Å². The highest BCUT2D eigenvalue weighted by atomic mass is 32.2. The molecule has 0 aliphatic carbocycles. The van der Waals surface area contributed by atoms with E-state index in [0.717, 1.165) is 0 Å². The average molecular weight is 415 g/mol. The van der Waals surface area contributed by atoms with Gasteiger partial charge in [0.15, 0.2) is 0 Å². The summed E-state index contributed by atoms with van der Waals surface area (Å²) in [7, 11) is -3.54. The monoisotopic (exact) mass is 415 g/mol. The van der Waals surface area contributed by atoms with Crippen LogP contribution in [-0.2, 0) is 19.6 Å². The van der Waals surface area contributed by atoms with Gasteiger partial charge in [0.05, 0.1) is 18.1 Å². The number of nitrogens with one attached hydrogen (secondary N) is 1. The first-order valence-corrected chi connectivity index (χ1v) is 10.4. The minimum Gasteiger partial charge on any atom is -0.379 e. The van der Waals surface area contributed by atoms with Gasteiger partial charge in [-0.25, -0.2) is 8.42 Å². The molecule has 2 aromatic rings. The molecule has 0 unspecified atom stereocenters. The van der Waals surface area contributed by atoms with E-state index in [4.69, 9.17) is 10.5 Å². The summed E-state index contributed by atoms with van der Waals surface area (Å²) in [6.07, 6.45) is 2.92. The molecule has 0 aromatic heterocycles. The Bertz CT molecular complexity index is 1010. The van der Waals surface area contributed by atoms with Crippen LogP contribution in [0.5, 0.6) is 0 Å². The van der Waals surface area contributed by atoms with Crippen LogP contribution >= 0.6 is 0 Å². The number of nitrogens with zero attached hydrogens (tertiary/aromatic N) is 1. The normalized spacial score (nSPS) is 15.3. The smallest absolute Gasteiger partial charge is 0.248 e. The molecule has 0 saturated carbocycles. The van der Waals surface area contributed by atoms with E-state index in [-0.39, 0.29) is 10.8 Å². The maximum Gasteiger partial charge on any atom is 0.248 e. The molecule has 2 aromatic carbocycles. The topological polar surface area (TPSA) is 119 Å². The standard InChI is InChI=1S/C20H21N3O5S/c21-20(25)16-4-6-17(7-5-16)22-19(24)10-3-15-1-8-18(9-2-15)29(26,27)23-11-13-28-14-12-23/h1-10H,11-14H2,(H2,21,25)(H,22,24)/b10-3+. The minimum absolute atomic E-state index is 0.204. The Labute approximate surface area is 169 Å². The molecule has 3 rings (SSSR count). The number of primary amides is 1. The molecule has 0 spiro atoms. The summed E-state index contributed by atoms with van der Waals surface area (Å²) >= 11 is 0.